The Balaban J connectivity index is 1.59. The van der Waals surface area contributed by atoms with Crippen LogP contribution in [0.2, 0.25) is 0 Å². The van der Waals surface area contributed by atoms with Gasteiger partial charge in [-0.3, -0.25) is 4.79 Å². The molecule has 4 nitrogen and oxygen atoms in total. The quantitative estimate of drug-likeness (QED) is 0.835. The summed E-state index contributed by atoms with van der Waals surface area (Å²) in [6, 6.07) is 16.2. The zero-order valence-electron chi connectivity index (χ0n) is 14.4. The number of piperazine rings is 1. The van der Waals surface area contributed by atoms with E-state index in [0.717, 1.165) is 0 Å². The van der Waals surface area contributed by atoms with Crippen molar-refractivity contribution in [3.63, 3.8) is 0 Å². The number of carbonyl (C=O) groups excluding carboxylic acids is 1. The number of anilines is 1. The van der Waals surface area contributed by atoms with Gasteiger partial charge in [-0.2, -0.15) is 0 Å². The summed E-state index contributed by atoms with van der Waals surface area (Å²) in [6.45, 7) is 4.33. The Bertz CT molecular complexity index is 700. The Morgan fingerprint density at radius 2 is 1.68 bits per heavy atom. The number of amides is 1. The maximum Gasteiger partial charge on any atom is 0.263 e. The van der Waals surface area contributed by atoms with E-state index in [0.29, 0.717) is 44.0 Å². The molecule has 1 amide bonds. The lowest BCUT2D eigenvalue weighted by Crippen LogP contribution is -2.52. The number of carbonyl (C=O) groups is 1. The minimum atomic E-state index is -0.484. The Labute approximate surface area is 147 Å². The van der Waals surface area contributed by atoms with Crippen LogP contribution >= 0.6 is 0 Å². The Morgan fingerprint density at radius 3 is 2.32 bits per heavy atom. The van der Waals surface area contributed by atoms with Crippen LogP contribution in [0.25, 0.3) is 0 Å². The molecule has 0 aliphatic carbocycles. The molecule has 2 aromatic rings. The minimum Gasteiger partial charge on any atom is -0.481 e. The monoisotopic (exact) mass is 342 g/mol. The smallest absolute Gasteiger partial charge is 0.263 e. The minimum absolute atomic E-state index is 0.000429. The third-order valence-corrected chi connectivity index (χ3v) is 4.45. The SMILES string of the molecule is CCC(Oc1ccccc1)C(=O)N1CCN(c2ccccc2F)CC1. The number of para-hydroxylation sites is 2. The molecule has 1 saturated heterocycles. The second-order valence-corrected chi connectivity index (χ2v) is 6.09. The maximum absolute atomic E-state index is 13.9. The molecular weight excluding hydrogens is 319 g/mol. The first-order chi connectivity index (χ1) is 12.2. The highest BCUT2D eigenvalue weighted by Crippen LogP contribution is 2.21. The second kappa shape index (κ2) is 8.01. The number of hydrogen-bond acceptors (Lipinski definition) is 3. The fourth-order valence-corrected chi connectivity index (χ4v) is 3.05. The molecule has 0 bridgehead atoms. The predicted molar refractivity (Wildman–Crippen MR) is 96.3 cm³/mol. The average Bonchev–Trinajstić information content (AvgIpc) is 2.67. The van der Waals surface area contributed by atoms with E-state index in [4.69, 9.17) is 4.74 Å². The van der Waals surface area contributed by atoms with Crippen LogP contribution in [0.3, 0.4) is 0 Å². The van der Waals surface area contributed by atoms with E-state index < -0.39 is 6.10 Å². The van der Waals surface area contributed by atoms with Gasteiger partial charge in [-0.1, -0.05) is 37.3 Å². The highest BCUT2D eigenvalue weighted by atomic mass is 19.1. The highest BCUT2D eigenvalue weighted by Gasteiger charge is 2.28. The van der Waals surface area contributed by atoms with Gasteiger partial charge >= 0.3 is 0 Å². The van der Waals surface area contributed by atoms with Gasteiger partial charge in [0.05, 0.1) is 5.69 Å². The number of ether oxygens (including phenoxy) is 1. The number of hydrogen-bond donors (Lipinski definition) is 0. The molecule has 25 heavy (non-hydrogen) atoms. The summed E-state index contributed by atoms with van der Waals surface area (Å²) in [6.07, 6.45) is 0.128. The number of benzene rings is 2. The van der Waals surface area contributed by atoms with Crippen LogP contribution in [0.15, 0.2) is 54.6 Å². The fourth-order valence-electron chi connectivity index (χ4n) is 3.05. The number of halogens is 1. The average molecular weight is 342 g/mol. The molecule has 1 atom stereocenters. The second-order valence-electron chi connectivity index (χ2n) is 6.09. The van der Waals surface area contributed by atoms with E-state index in [9.17, 15) is 9.18 Å². The molecule has 0 saturated carbocycles. The molecule has 3 rings (SSSR count). The predicted octanol–water partition coefficient (Wildman–Crippen LogP) is 3.33. The van der Waals surface area contributed by atoms with Crippen LogP contribution in [0, 0.1) is 5.82 Å². The maximum atomic E-state index is 13.9. The van der Waals surface area contributed by atoms with Gasteiger partial charge in [-0.05, 0) is 30.7 Å². The zero-order chi connectivity index (χ0) is 17.6. The summed E-state index contributed by atoms with van der Waals surface area (Å²) >= 11 is 0. The van der Waals surface area contributed by atoms with E-state index in [2.05, 4.69) is 0 Å². The summed E-state index contributed by atoms with van der Waals surface area (Å²) in [5.41, 5.74) is 0.599. The van der Waals surface area contributed by atoms with Crippen molar-refractivity contribution in [1.82, 2.24) is 4.90 Å². The van der Waals surface area contributed by atoms with E-state index >= 15 is 0 Å². The van der Waals surface area contributed by atoms with Crippen LogP contribution in [-0.4, -0.2) is 43.1 Å². The van der Waals surface area contributed by atoms with Crippen LogP contribution in [-0.2, 0) is 4.79 Å². The third-order valence-electron chi connectivity index (χ3n) is 4.45. The van der Waals surface area contributed by atoms with Gasteiger partial charge in [0, 0.05) is 26.2 Å². The fraction of sp³-hybridized carbons (Fsp3) is 0.350. The van der Waals surface area contributed by atoms with Crippen molar-refractivity contribution in [3.8, 4) is 5.75 Å². The van der Waals surface area contributed by atoms with E-state index in [-0.39, 0.29) is 11.7 Å². The van der Waals surface area contributed by atoms with Crippen molar-refractivity contribution in [2.75, 3.05) is 31.1 Å². The van der Waals surface area contributed by atoms with Gasteiger partial charge in [0.25, 0.3) is 5.91 Å². The van der Waals surface area contributed by atoms with Crippen LogP contribution in [0.1, 0.15) is 13.3 Å². The van der Waals surface area contributed by atoms with Gasteiger partial charge in [0.1, 0.15) is 11.6 Å². The molecule has 1 heterocycles. The van der Waals surface area contributed by atoms with Crippen LogP contribution in [0.4, 0.5) is 10.1 Å². The summed E-state index contributed by atoms with van der Waals surface area (Å²) in [5, 5.41) is 0. The van der Waals surface area contributed by atoms with Gasteiger partial charge in [-0.15, -0.1) is 0 Å². The van der Waals surface area contributed by atoms with Crippen molar-refractivity contribution in [3.05, 3.63) is 60.4 Å². The zero-order valence-corrected chi connectivity index (χ0v) is 14.4. The first-order valence-electron chi connectivity index (χ1n) is 8.69. The molecule has 1 aliphatic heterocycles. The standard InChI is InChI=1S/C20H23FN2O2/c1-2-19(25-16-8-4-3-5-9-16)20(24)23-14-12-22(13-15-23)18-11-7-6-10-17(18)21/h3-11,19H,2,12-15H2,1H3. The van der Waals surface area contributed by atoms with Crippen molar-refractivity contribution in [1.29, 1.82) is 0 Å². The molecule has 5 heteroatoms. The van der Waals surface area contributed by atoms with Gasteiger partial charge in [-0.25, -0.2) is 4.39 Å². The van der Waals surface area contributed by atoms with Gasteiger partial charge in [0.15, 0.2) is 6.10 Å². The first kappa shape index (κ1) is 17.3. The Morgan fingerprint density at radius 1 is 1.04 bits per heavy atom. The lowest BCUT2D eigenvalue weighted by atomic mass is 10.2. The molecule has 1 aliphatic rings. The summed E-state index contributed by atoms with van der Waals surface area (Å²) in [5.74, 6) is 0.480. The van der Waals surface area contributed by atoms with Crippen LogP contribution in [0.5, 0.6) is 5.75 Å². The largest absolute Gasteiger partial charge is 0.481 e. The molecular formula is C20H23FN2O2. The summed E-state index contributed by atoms with van der Waals surface area (Å²) in [7, 11) is 0. The lowest BCUT2D eigenvalue weighted by molar-refractivity contribution is -0.139. The molecule has 0 radical (unpaired) electrons. The van der Waals surface area contributed by atoms with Crippen molar-refractivity contribution in [2.24, 2.45) is 0 Å². The Hall–Kier alpha value is -2.56. The topological polar surface area (TPSA) is 32.8 Å². The van der Waals surface area contributed by atoms with E-state index in [1.54, 1.807) is 12.1 Å². The van der Waals surface area contributed by atoms with Crippen molar-refractivity contribution < 1.29 is 13.9 Å². The number of rotatable bonds is 5. The van der Waals surface area contributed by atoms with Crippen molar-refractivity contribution >= 4 is 11.6 Å². The van der Waals surface area contributed by atoms with E-state index in [1.165, 1.54) is 6.07 Å². The Kier molecular flexibility index (Phi) is 5.53. The highest BCUT2D eigenvalue weighted by molar-refractivity contribution is 5.81. The van der Waals surface area contributed by atoms with Crippen molar-refractivity contribution in [2.45, 2.75) is 19.4 Å². The molecule has 1 unspecified atom stereocenters. The lowest BCUT2D eigenvalue weighted by Gasteiger charge is -2.37. The van der Waals surface area contributed by atoms with Crippen LogP contribution < -0.4 is 9.64 Å². The molecule has 0 N–H and O–H groups in total. The van der Waals surface area contributed by atoms with Gasteiger partial charge < -0.3 is 14.5 Å². The summed E-state index contributed by atoms with van der Waals surface area (Å²) in [4.78, 5) is 16.6. The molecule has 0 aromatic heterocycles. The first-order valence-corrected chi connectivity index (χ1v) is 8.69. The molecule has 0 spiro atoms. The molecule has 132 valence electrons. The molecule has 1 fully saturated rings. The normalized spacial score (nSPS) is 15.8. The van der Waals surface area contributed by atoms with E-state index in [1.807, 2.05) is 53.1 Å². The van der Waals surface area contributed by atoms with Gasteiger partial charge in [0.2, 0.25) is 0 Å². The summed E-state index contributed by atoms with van der Waals surface area (Å²) < 4.78 is 19.8. The third kappa shape index (κ3) is 4.10. The molecule has 2 aromatic carbocycles. The number of nitrogens with zero attached hydrogens (tertiary/aromatic N) is 2.